The van der Waals surface area contributed by atoms with Crippen LogP contribution in [-0.4, -0.2) is 73.0 Å². The Balaban J connectivity index is 1.32. The predicted molar refractivity (Wildman–Crippen MR) is 79.8 cm³/mol. The molecule has 0 bridgehead atoms. The molecule has 3 aliphatic rings. The molecule has 0 aromatic heterocycles. The first-order valence-electron chi connectivity index (χ1n) is 8.43. The van der Waals surface area contributed by atoms with Crippen LogP contribution in [0.5, 0.6) is 0 Å². The van der Waals surface area contributed by atoms with E-state index in [4.69, 9.17) is 4.74 Å². The predicted octanol–water partition coefficient (Wildman–Crippen LogP) is 1.33. The molecule has 3 fully saturated rings. The summed E-state index contributed by atoms with van der Waals surface area (Å²) in [5.41, 5.74) is 0. The molecule has 4 nitrogen and oxygen atoms in total. The molecule has 2 heterocycles. The number of nitrogens with zero attached hydrogens (tertiary/aromatic N) is 2. The molecule has 116 valence electrons. The Hall–Kier alpha value is -0.160. The minimum absolute atomic E-state index is 0.0930. The molecule has 1 N–H and O–H groups in total. The maximum atomic E-state index is 9.30. The summed E-state index contributed by atoms with van der Waals surface area (Å²) in [6.45, 7) is 6.24. The van der Waals surface area contributed by atoms with Crippen molar-refractivity contribution in [2.45, 2.75) is 56.8 Å². The van der Waals surface area contributed by atoms with Gasteiger partial charge in [-0.1, -0.05) is 0 Å². The Bertz CT molecular complexity index is 291. The van der Waals surface area contributed by atoms with Crippen molar-refractivity contribution in [2.75, 3.05) is 39.8 Å². The van der Waals surface area contributed by atoms with Crippen LogP contribution in [0.4, 0.5) is 0 Å². The summed E-state index contributed by atoms with van der Waals surface area (Å²) in [5, 5.41) is 9.30. The van der Waals surface area contributed by atoms with E-state index in [2.05, 4.69) is 16.8 Å². The van der Waals surface area contributed by atoms with Crippen molar-refractivity contribution in [3.05, 3.63) is 0 Å². The highest BCUT2D eigenvalue weighted by molar-refractivity contribution is 4.83. The Kier molecular flexibility index (Phi) is 4.97. The largest absolute Gasteiger partial charge is 0.393 e. The Morgan fingerprint density at radius 2 is 1.60 bits per heavy atom. The van der Waals surface area contributed by atoms with Gasteiger partial charge < -0.3 is 19.6 Å². The van der Waals surface area contributed by atoms with E-state index in [1.807, 2.05) is 0 Å². The minimum Gasteiger partial charge on any atom is -0.393 e. The second-order valence-corrected chi connectivity index (χ2v) is 7.13. The summed E-state index contributed by atoms with van der Waals surface area (Å²) < 4.78 is 6.06. The van der Waals surface area contributed by atoms with Gasteiger partial charge in [-0.15, -0.1) is 0 Å². The fourth-order valence-corrected chi connectivity index (χ4v) is 3.76. The summed E-state index contributed by atoms with van der Waals surface area (Å²) in [6.07, 6.45) is 7.50. The van der Waals surface area contributed by atoms with Gasteiger partial charge in [-0.3, -0.25) is 0 Å². The number of aliphatic hydroxyl groups excluding tert-OH is 1. The van der Waals surface area contributed by atoms with E-state index in [1.165, 1.54) is 58.4 Å². The molecule has 0 aromatic rings. The molecule has 2 saturated heterocycles. The number of piperidine rings is 2. The third-order valence-corrected chi connectivity index (χ3v) is 5.34. The lowest BCUT2D eigenvalue weighted by molar-refractivity contribution is -0.117. The van der Waals surface area contributed by atoms with Gasteiger partial charge in [0.1, 0.15) is 0 Å². The molecule has 0 radical (unpaired) electrons. The zero-order valence-corrected chi connectivity index (χ0v) is 12.8. The lowest BCUT2D eigenvalue weighted by Crippen LogP contribution is -2.44. The van der Waals surface area contributed by atoms with E-state index in [1.54, 1.807) is 0 Å². The van der Waals surface area contributed by atoms with E-state index < -0.39 is 0 Å². The smallest absolute Gasteiger partial charge is 0.0628 e. The van der Waals surface area contributed by atoms with Crippen LogP contribution in [0, 0.1) is 5.92 Å². The van der Waals surface area contributed by atoms with Crippen LogP contribution in [0.1, 0.15) is 38.5 Å². The van der Waals surface area contributed by atoms with Gasteiger partial charge in [0.25, 0.3) is 0 Å². The molecule has 2 aliphatic heterocycles. The topological polar surface area (TPSA) is 35.9 Å². The van der Waals surface area contributed by atoms with Crippen LogP contribution in [0.3, 0.4) is 0 Å². The van der Waals surface area contributed by atoms with Gasteiger partial charge in [-0.05, 0) is 64.6 Å². The highest BCUT2D eigenvalue weighted by atomic mass is 16.5. The molecule has 0 unspecified atom stereocenters. The Labute approximate surface area is 123 Å². The zero-order valence-electron chi connectivity index (χ0n) is 12.8. The molecule has 4 heteroatoms. The van der Waals surface area contributed by atoms with Crippen molar-refractivity contribution >= 4 is 0 Å². The van der Waals surface area contributed by atoms with Gasteiger partial charge in [-0.2, -0.15) is 0 Å². The Morgan fingerprint density at radius 3 is 2.20 bits per heavy atom. The van der Waals surface area contributed by atoms with Crippen LogP contribution in [0.25, 0.3) is 0 Å². The van der Waals surface area contributed by atoms with E-state index in [-0.39, 0.29) is 6.10 Å². The molecular weight excluding hydrogens is 252 g/mol. The van der Waals surface area contributed by atoms with E-state index in [0.717, 1.165) is 18.8 Å². The second-order valence-electron chi connectivity index (χ2n) is 7.13. The van der Waals surface area contributed by atoms with Crippen molar-refractivity contribution in [1.29, 1.82) is 0 Å². The molecular formula is C16H30N2O2. The summed E-state index contributed by atoms with van der Waals surface area (Å²) in [5.74, 6) is 0.908. The second kappa shape index (κ2) is 6.73. The van der Waals surface area contributed by atoms with Crippen LogP contribution >= 0.6 is 0 Å². The van der Waals surface area contributed by atoms with Crippen LogP contribution in [0.15, 0.2) is 0 Å². The van der Waals surface area contributed by atoms with Crippen LogP contribution in [0.2, 0.25) is 0 Å². The van der Waals surface area contributed by atoms with E-state index in [9.17, 15) is 5.11 Å². The van der Waals surface area contributed by atoms with Crippen molar-refractivity contribution < 1.29 is 9.84 Å². The molecule has 0 aromatic carbocycles. The highest BCUT2D eigenvalue weighted by Crippen LogP contribution is 2.27. The third-order valence-electron chi connectivity index (χ3n) is 5.34. The van der Waals surface area contributed by atoms with E-state index in [0.29, 0.717) is 12.2 Å². The van der Waals surface area contributed by atoms with Crippen molar-refractivity contribution in [1.82, 2.24) is 9.80 Å². The molecule has 3 rings (SSSR count). The molecule has 1 aliphatic carbocycles. The minimum atomic E-state index is -0.0930. The first kappa shape index (κ1) is 14.8. The van der Waals surface area contributed by atoms with Gasteiger partial charge >= 0.3 is 0 Å². The van der Waals surface area contributed by atoms with Crippen molar-refractivity contribution in [2.24, 2.45) is 5.92 Å². The van der Waals surface area contributed by atoms with Crippen LogP contribution in [-0.2, 0) is 4.74 Å². The van der Waals surface area contributed by atoms with E-state index >= 15 is 0 Å². The maximum Gasteiger partial charge on any atom is 0.0628 e. The first-order chi connectivity index (χ1) is 9.69. The number of hydrogen-bond acceptors (Lipinski definition) is 4. The lowest BCUT2D eigenvalue weighted by Gasteiger charge is -2.39. The fraction of sp³-hybridized carbons (Fsp3) is 1.00. The Morgan fingerprint density at radius 1 is 0.950 bits per heavy atom. The fourth-order valence-electron chi connectivity index (χ4n) is 3.76. The van der Waals surface area contributed by atoms with Gasteiger partial charge in [-0.25, -0.2) is 0 Å². The number of likely N-dealkylation sites (tertiary alicyclic amines) is 2. The van der Waals surface area contributed by atoms with Gasteiger partial charge in [0.05, 0.1) is 18.3 Å². The third kappa shape index (κ3) is 3.94. The summed E-state index contributed by atoms with van der Waals surface area (Å²) in [4.78, 5) is 5.09. The van der Waals surface area contributed by atoms with Crippen molar-refractivity contribution in [3.63, 3.8) is 0 Å². The lowest BCUT2D eigenvalue weighted by atomic mass is 9.91. The maximum absolute atomic E-state index is 9.30. The summed E-state index contributed by atoms with van der Waals surface area (Å²) >= 11 is 0. The van der Waals surface area contributed by atoms with Gasteiger partial charge in [0.2, 0.25) is 0 Å². The summed E-state index contributed by atoms with van der Waals surface area (Å²) in [6, 6.07) is 0. The molecule has 1 saturated carbocycles. The number of aliphatic hydroxyl groups is 1. The average molecular weight is 282 g/mol. The summed E-state index contributed by atoms with van der Waals surface area (Å²) in [7, 11) is 2.23. The number of rotatable bonds is 4. The average Bonchev–Trinajstić information content (AvgIpc) is 2.42. The number of hydrogen-bond donors (Lipinski definition) is 1. The van der Waals surface area contributed by atoms with Gasteiger partial charge in [0, 0.05) is 19.6 Å². The monoisotopic (exact) mass is 282 g/mol. The standard InChI is InChI=1S/C16H30N2O2/c1-17-6-2-13(3-7-17)12-18-8-4-15(5-9-18)20-16-10-14(19)11-16/h13-16,19H,2-12H2,1H3. The quantitative estimate of drug-likeness (QED) is 0.844. The zero-order chi connectivity index (χ0) is 13.9. The highest BCUT2D eigenvalue weighted by Gasteiger charge is 2.32. The molecule has 20 heavy (non-hydrogen) atoms. The van der Waals surface area contributed by atoms with Crippen molar-refractivity contribution in [3.8, 4) is 0 Å². The SMILES string of the molecule is CN1CCC(CN2CCC(OC3CC(O)C3)CC2)CC1. The van der Waals surface area contributed by atoms with Crippen LogP contribution < -0.4 is 0 Å². The molecule has 0 amide bonds. The number of ether oxygens (including phenoxy) is 1. The normalized spacial score (nSPS) is 35.1. The molecule has 0 atom stereocenters. The van der Waals surface area contributed by atoms with Gasteiger partial charge in [0.15, 0.2) is 0 Å². The first-order valence-corrected chi connectivity index (χ1v) is 8.43. The molecule has 0 spiro atoms.